The first-order valence-electron chi connectivity index (χ1n) is 11.9. The zero-order valence-corrected chi connectivity index (χ0v) is 21.1. The number of nitrogens with zero attached hydrogens (tertiary/aromatic N) is 3. The Morgan fingerprint density at radius 2 is 1.70 bits per heavy atom. The minimum Gasteiger partial charge on any atom is -0.495 e. The Morgan fingerprint density at radius 3 is 2.43 bits per heavy atom. The van der Waals surface area contributed by atoms with Gasteiger partial charge >= 0.3 is 5.69 Å². The van der Waals surface area contributed by atoms with Gasteiger partial charge in [0.15, 0.2) is 11.5 Å². The van der Waals surface area contributed by atoms with Crippen molar-refractivity contribution < 1.29 is 19.1 Å². The molecule has 0 amide bonds. The molecule has 1 N–H and O–H groups in total. The summed E-state index contributed by atoms with van der Waals surface area (Å²) in [5.74, 6) is 1.56. The maximum Gasteiger partial charge on any atom is 0.311 e. The summed E-state index contributed by atoms with van der Waals surface area (Å²) in [6.45, 7) is 2.22. The number of hydrogen-bond donors (Lipinski definition) is 1. The summed E-state index contributed by atoms with van der Waals surface area (Å²) in [5.41, 5.74) is 2.54. The molecule has 4 aromatic rings. The van der Waals surface area contributed by atoms with E-state index in [1.54, 1.807) is 38.5 Å². The highest BCUT2D eigenvalue weighted by molar-refractivity contribution is 5.99. The largest absolute Gasteiger partial charge is 0.495 e. The van der Waals surface area contributed by atoms with E-state index < -0.39 is 4.92 Å². The van der Waals surface area contributed by atoms with E-state index in [2.05, 4.69) is 34.4 Å². The molecule has 1 aromatic heterocycles. The maximum atomic E-state index is 11.8. The number of fused-ring (bicyclic) bond motifs is 1. The van der Waals surface area contributed by atoms with Crippen LogP contribution >= 0.6 is 0 Å². The van der Waals surface area contributed by atoms with Crippen LogP contribution in [0, 0.1) is 10.1 Å². The number of pyridine rings is 1. The number of ether oxygens (including phenoxy) is 3. The second kappa shape index (κ2) is 12.0. The molecule has 0 aliphatic heterocycles. The molecule has 0 radical (unpaired) electrons. The third-order valence-corrected chi connectivity index (χ3v) is 5.93. The maximum absolute atomic E-state index is 11.8. The molecule has 0 spiro atoms. The zero-order valence-electron chi connectivity index (χ0n) is 21.1. The molecule has 0 fully saturated rings. The van der Waals surface area contributed by atoms with Crippen LogP contribution in [-0.2, 0) is 6.54 Å². The van der Waals surface area contributed by atoms with Gasteiger partial charge in [-0.15, -0.1) is 0 Å². The molecule has 0 bridgehead atoms. The number of hydrogen-bond acceptors (Lipinski definition) is 8. The average molecular weight is 503 g/mol. The van der Waals surface area contributed by atoms with Crippen LogP contribution in [-0.4, -0.2) is 49.2 Å². The number of methoxy groups -OCH3 is 2. The van der Waals surface area contributed by atoms with Gasteiger partial charge < -0.3 is 24.4 Å². The van der Waals surface area contributed by atoms with Crippen molar-refractivity contribution >= 4 is 28.0 Å². The summed E-state index contributed by atoms with van der Waals surface area (Å²) >= 11 is 0. The lowest BCUT2D eigenvalue weighted by Gasteiger charge is -2.18. The molecular weight excluding hydrogens is 472 g/mol. The third kappa shape index (κ3) is 6.25. The van der Waals surface area contributed by atoms with E-state index in [1.807, 2.05) is 30.3 Å². The summed E-state index contributed by atoms with van der Waals surface area (Å²) < 4.78 is 17.0. The fourth-order valence-corrected chi connectivity index (χ4v) is 4.10. The lowest BCUT2D eigenvalue weighted by atomic mass is 10.1. The Morgan fingerprint density at radius 1 is 0.973 bits per heavy atom. The van der Waals surface area contributed by atoms with Gasteiger partial charge in [0.1, 0.15) is 17.6 Å². The first kappa shape index (κ1) is 25.7. The van der Waals surface area contributed by atoms with Crippen LogP contribution in [0.1, 0.15) is 12.0 Å². The number of benzene rings is 3. The molecule has 0 atom stereocenters. The van der Waals surface area contributed by atoms with Crippen molar-refractivity contribution in [2.45, 2.75) is 13.0 Å². The van der Waals surface area contributed by atoms with Crippen LogP contribution in [0.4, 0.5) is 17.1 Å². The van der Waals surface area contributed by atoms with E-state index in [4.69, 9.17) is 14.2 Å². The van der Waals surface area contributed by atoms with Gasteiger partial charge in [0.05, 0.1) is 37.0 Å². The van der Waals surface area contributed by atoms with Gasteiger partial charge in [-0.2, -0.15) is 0 Å². The van der Waals surface area contributed by atoms with Gasteiger partial charge in [-0.1, -0.05) is 42.5 Å². The predicted molar refractivity (Wildman–Crippen MR) is 144 cm³/mol. The first-order valence-corrected chi connectivity index (χ1v) is 11.9. The fraction of sp³-hybridized carbons (Fsp3) is 0.250. The number of rotatable bonds is 12. The average Bonchev–Trinajstić information content (AvgIpc) is 2.91. The van der Waals surface area contributed by atoms with Crippen LogP contribution < -0.4 is 19.5 Å². The first-order chi connectivity index (χ1) is 18.0. The number of nitro groups is 1. The summed E-state index contributed by atoms with van der Waals surface area (Å²) in [4.78, 5) is 17.9. The molecule has 0 saturated carbocycles. The zero-order chi connectivity index (χ0) is 26.2. The van der Waals surface area contributed by atoms with Crippen LogP contribution in [0.3, 0.4) is 0 Å². The Kier molecular flexibility index (Phi) is 8.37. The summed E-state index contributed by atoms with van der Waals surface area (Å²) in [6.07, 6.45) is 2.06. The molecule has 0 saturated heterocycles. The van der Waals surface area contributed by atoms with Gasteiger partial charge in [0.25, 0.3) is 0 Å². The number of para-hydroxylation sites is 2. The van der Waals surface area contributed by atoms with Crippen molar-refractivity contribution in [2.24, 2.45) is 0 Å². The second-order valence-corrected chi connectivity index (χ2v) is 8.55. The minimum atomic E-state index is -0.465. The molecule has 0 aliphatic carbocycles. The van der Waals surface area contributed by atoms with Gasteiger partial charge in [-0.25, -0.2) is 4.98 Å². The number of aromatic nitrogens is 1. The summed E-state index contributed by atoms with van der Waals surface area (Å²) in [7, 11) is 5.17. The molecule has 9 nitrogen and oxygen atoms in total. The van der Waals surface area contributed by atoms with E-state index >= 15 is 0 Å². The highest BCUT2D eigenvalue weighted by Crippen LogP contribution is 2.41. The number of anilines is 2. The molecule has 1 heterocycles. The van der Waals surface area contributed by atoms with E-state index in [0.29, 0.717) is 46.1 Å². The lowest BCUT2D eigenvalue weighted by Crippen LogP contribution is -2.20. The van der Waals surface area contributed by atoms with Crippen molar-refractivity contribution in [3.8, 4) is 17.2 Å². The molecule has 37 heavy (non-hydrogen) atoms. The van der Waals surface area contributed by atoms with E-state index in [0.717, 1.165) is 19.5 Å². The molecule has 3 aromatic carbocycles. The van der Waals surface area contributed by atoms with E-state index in [1.165, 1.54) is 11.8 Å². The summed E-state index contributed by atoms with van der Waals surface area (Å²) in [6, 6.07) is 21.0. The third-order valence-electron chi connectivity index (χ3n) is 5.93. The monoisotopic (exact) mass is 502 g/mol. The Bertz CT molecular complexity index is 1360. The van der Waals surface area contributed by atoms with Crippen molar-refractivity contribution in [1.29, 1.82) is 0 Å². The van der Waals surface area contributed by atoms with Crippen molar-refractivity contribution in [3.05, 3.63) is 88.6 Å². The lowest BCUT2D eigenvalue weighted by molar-refractivity contribution is -0.384. The van der Waals surface area contributed by atoms with Crippen molar-refractivity contribution in [3.63, 3.8) is 0 Å². The molecule has 0 unspecified atom stereocenters. The second-order valence-electron chi connectivity index (χ2n) is 8.55. The molecular formula is C28H30N4O5. The van der Waals surface area contributed by atoms with Gasteiger partial charge in [-0.05, 0) is 37.2 Å². The van der Waals surface area contributed by atoms with E-state index in [-0.39, 0.29) is 5.69 Å². The fourth-order valence-electron chi connectivity index (χ4n) is 4.10. The smallest absolute Gasteiger partial charge is 0.311 e. The van der Waals surface area contributed by atoms with Crippen LogP contribution in [0.2, 0.25) is 0 Å². The Hall–Kier alpha value is -4.37. The van der Waals surface area contributed by atoms with Crippen LogP contribution in [0.15, 0.2) is 72.9 Å². The standard InChI is InChI=1S/C28H30N4O5/c1-31(19-20-10-5-4-6-11-20)14-9-15-37-27-17-23-21(16-26(27)36-3)28(24(18-29-23)32(33)34)30-22-12-7-8-13-25(22)35-2/h4-8,10-13,16-18H,9,14-15,19H2,1-3H3,(H,29,30). The van der Waals surface area contributed by atoms with E-state index in [9.17, 15) is 10.1 Å². The topological polar surface area (TPSA) is 99.0 Å². The quantitative estimate of drug-likeness (QED) is 0.147. The van der Waals surface area contributed by atoms with Gasteiger partial charge in [0, 0.05) is 24.5 Å². The molecule has 9 heteroatoms. The Balaban J connectivity index is 1.53. The normalized spacial score (nSPS) is 10.9. The minimum absolute atomic E-state index is 0.157. The van der Waals surface area contributed by atoms with Crippen molar-refractivity contribution in [1.82, 2.24) is 9.88 Å². The molecule has 4 rings (SSSR count). The van der Waals surface area contributed by atoms with Crippen LogP contribution in [0.5, 0.6) is 17.2 Å². The molecule has 192 valence electrons. The predicted octanol–water partition coefficient (Wildman–Crippen LogP) is 5.80. The van der Waals surface area contributed by atoms with Gasteiger partial charge in [0.2, 0.25) is 0 Å². The molecule has 0 aliphatic rings. The van der Waals surface area contributed by atoms with Gasteiger partial charge in [-0.3, -0.25) is 10.1 Å². The summed E-state index contributed by atoms with van der Waals surface area (Å²) in [5, 5.41) is 15.5. The SMILES string of the molecule is COc1ccccc1Nc1c([N+](=O)[O-])cnc2cc(OCCCN(C)Cc3ccccc3)c(OC)cc12. The van der Waals surface area contributed by atoms with Crippen LogP contribution in [0.25, 0.3) is 10.9 Å². The highest BCUT2D eigenvalue weighted by atomic mass is 16.6. The highest BCUT2D eigenvalue weighted by Gasteiger charge is 2.21. The van der Waals surface area contributed by atoms with Crippen molar-refractivity contribution in [2.75, 3.05) is 39.7 Å². The number of nitrogens with one attached hydrogen (secondary N) is 1. The Labute approximate surface area is 215 Å².